The van der Waals surface area contributed by atoms with E-state index < -0.39 is 0 Å². The van der Waals surface area contributed by atoms with Crippen LogP contribution in [-0.4, -0.2) is 55.9 Å². The minimum absolute atomic E-state index is 0.0293. The van der Waals surface area contributed by atoms with Crippen molar-refractivity contribution in [1.29, 1.82) is 0 Å². The Morgan fingerprint density at radius 3 is 2.88 bits per heavy atom. The van der Waals surface area contributed by atoms with E-state index in [2.05, 4.69) is 17.1 Å². The van der Waals surface area contributed by atoms with Crippen LogP contribution in [0.5, 0.6) is 0 Å². The summed E-state index contributed by atoms with van der Waals surface area (Å²) in [5.74, 6) is 1.18. The Morgan fingerprint density at radius 2 is 2.16 bits per heavy atom. The minimum atomic E-state index is -0.154. The smallest absolute Gasteiger partial charge is 0.287 e. The van der Waals surface area contributed by atoms with Crippen LogP contribution < -0.4 is 5.32 Å². The van der Waals surface area contributed by atoms with Gasteiger partial charge in [0.25, 0.3) is 5.91 Å². The molecule has 0 aliphatic carbocycles. The standard InChI is InChI=1S/C19H30N2O4/c1-3-16-14(12-21-8-5-6-9-21)11-17(25-16)19(22)20-15-7-10-23-13-18(15)24-4-2/h11,15,18H,3-10,12-13H2,1-2H3,(H,20,22)/t15-,18-/m1/s1. The second kappa shape index (κ2) is 8.83. The van der Waals surface area contributed by atoms with Gasteiger partial charge in [-0.1, -0.05) is 6.92 Å². The van der Waals surface area contributed by atoms with Gasteiger partial charge in [0.15, 0.2) is 5.76 Å². The maximum Gasteiger partial charge on any atom is 0.287 e. The van der Waals surface area contributed by atoms with Crippen LogP contribution in [0.1, 0.15) is 55.0 Å². The summed E-state index contributed by atoms with van der Waals surface area (Å²) in [7, 11) is 0. The summed E-state index contributed by atoms with van der Waals surface area (Å²) in [5.41, 5.74) is 1.14. The van der Waals surface area contributed by atoms with Gasteiger partial charge in [0.1, 0.15) is 11.9 Å². The molecule has 3 rings (SSSR count). The molecule has 2 saturated heterocycles. The van der Waals surface area contributed by atoms with Crippen LogP contribution in [-0.2, 0) is 22.4 Å². The number of ether oxygens (including phenoxy) is 2. The van der Waals surface area contributed by atoms with E-state index in [0.717, 1.165) is 43.8 Å². The molecule has 6 nitrogen and oxygen atoms in total. The number of furan rings is 1. The lowest BCUT2D eigenvalue weighted by atomic mass is 10.1. The molecule has 1 N–H and O–H groups in total. The maximum absolute atomic E-state index is 12.7. The first kappa shape index (κ1) is 18.4. The molecule has 0 spiro atoms. The van der Waals surface area contributed by atoms with Gasteiger partial charge < -0.3 is 19.2 Å². The minimum Gasteiger partial charge on any atom is -0.456 e. The zero-order chi connectivity index (χ0) is 17.6. The van der Waals surface area contributed by atoms with Crippen LogP contribution in [0.25, 0.3) is 0 Å². The highest BCUT2D eigenvalue weighted by Gasteiger charge is 2.29. The topological polar surface area (TPSA) is 63.9 Å². The van der Waals surface area contributed by atoms with Gasteiger partial charge in [-0.2, -0.15) is 0 Å². The van der Waals surface area contributed by atoms with Gasteiger partial charge in [-0.05, 0) is 45.3 Å². The van der Waals surface area contributed by atoms with Crippen LogP contribution in [0.4, 0.5) is 0 Å². The van der Waals surface area contributed by atoms with E-state index in [0.29, 0.717) is 25.6 Å². The molecule has 6 heteroatoms. The van der Waals surface area contributed by atoms with Gasteiger partial charge >= 0.3 is 0 Å². The molecule has 0 saturated carbocycles. The van der Waals surface area contributed by atoms with E-state index in [1.54, 1.807) is 0 Å². The first-order valence-electron chi connectivity index (χ1n) is 9.55. The number of likely N-dealkylation sites (tertiary alicyclic amines) is 1. The van der Waals surface area contributed by atoms with Gasteiger partial charge in [-0.15, -0.1) is 0 Å². The Kier molecular flexibility index (Phi) is 6.51. The predicted molar refractivity (Wildman–Crippen MR) is 94.7 cm³/mol. The monoisotopic (exact) mass is 350 g/mol. The zero-order valence-corrected chi connectivity index (χ0v) is 15.4. The normalized spacial score (nSPS) is 24.6. The van der Waals surface area contributed by atoms with Crippen LogP contribution in [0, 0.1) is 0 Å². The van der Waals surface area contributed by atoms with Gasteiger partial charge in [-0.25, -0.2) is 0 Å². The van der Waals surface area contributed by atoms with Crippen LogP contribution in [0.2, 0.25) is 0 Å². The molecule has 0 unspecified atom stereocenters. The summed E-state index contributed by atoms with van der Waals surface area (Å²) in [4.78, 5) is 15.1. The van der Waals surface area contributed by atoms with E-state index >= 15 is 0 Å². The molecule has 3 heterocycles. The number of hydrogen-bond acceptors (Lipinski definition) is 5. The Bertz CT molecular complexity index is 564. The number of hydrogen-bond donors (Lipinski definition) is 1. The van der Waals surface area contributed by atoms with E-state index in [1.807, 2.05) is 13.0 Å². The third kappa shape index (κ3) is 4.63. The van der Waals surface area contributed by atoms with Crippen molar-refractivity contribution in [2.24, 2.45) is 0 Å². The molecule has 1 aromatic rings. The molecular weight excluding hydrogens is 320 g/mol. The molecule has 140 valence electrons. The highest BCUT2D eigenvalue weighted by molar-refractivity contribution is 5.92. The summed E-state index contributed by atoms with van der Waals surface area (Å²) in [6.07, 6.45) is 3.99. The lowest BCUT2D eigenvalue weighted by Crippen LogP contribution is -2.50. The van der Waals surface area contributed by atoms with Crippen molar-refractivity contribution >= 4 is 5.91 Å². The molecule has 2 aliphatic heterocycles. The fourth-order valence-electron chi connectivity index (χ4n) is 3.69. The predicted octanol–water partition coefficient (Wildman–Crippen LogP) is 2.36. The zero-order valence-electron chi connectivity index (χ0n) is 15.4. The molecular formula is C19H30N2O4. The lowest BCUT2D eigenvalue weighted by Gasteiger charge is -2.31. The highest BCUT2D eigenvalue weighted by Crippen LogP contribution is 2.21. The van der Waals surface area contributed by atoms with Gasteiger partial charge in [-0.3, -0.25) is 9.69 Å². The largest absolute Gasteiger partial charge is 0.456 e. The Morgan fingerprint density at radius 1 is 1.36 bits per heavy atom. The first-order chi connectivity index (χ1) is 12.2. The molecule has 2 fully saturated rings. The summed E-state index contributed by atoms with van der Waals surface area (Å²) in [6.45, 7) is 8.95. The van der Waals surface area contributed by atoms with Gasteiger partial charge in [0.2, 0.25) is 0 Å². The fraction of sp³-hybridized carbons (Fsp3) is 0.737. The second-order valence-corrected chi connectivity index (χ2v) is 6.83. The number of amides is 1. The average Bonchev–Trinajstić information content (AvgIpc) is 3.27. The highest BCUT2D eigenvalue weighted by atomic mass is 16.5. The van der Waals surface area contributed by atoms with Crippen LogP contribution in [0.15, 0.2) is 10.5 Å². The van der Waals surface area contributed by atoms with Crippen molar-refractivity contribution < 1.29 is 18.7 Å². The van der Waals surface area contributed by atoms with E-state index in [-0.39, 0.29) is 18.1 Å². The van der Waals surface area contributed by atoms with Crippen molar-refractivity contribution in [3.8, 4) is 0 Å². The Hall–Kier alpha value is -1.37. The lowest BCUT2D eigenvalue weighted by molar-refractivity contribution is -0.0634. The summed E-state index contributed by atoms with van der Waals surface area (Å²) < 4.78 is 17.0. The number of rotatable bonds is 7. The van der Waals surface area contributed by atoms with E-state index in [1.165, 1.54) is 12.8 Å². The molecule has 25 heavy (non-hydrogen) atoms. The third-order valence-corrected chi connectivity index (χ3v) is 5.04. The molecule has 1 aromatic heterocycles. The molecule has 1 amide bonds. The molecule has 0 aromatic carbocycles. The van der Waals surface area contributed by atoms with Crippen molar-refractivity contribution in [2.45, 2.75) is 58.2 Å². The van der Waals surface area contributed by atoms with Crippen LogP contribution >= 0.6 is 0 Å². The molecule has 0 bridgehead atoms. The number of nitrogens with one attached hydrogen (secondary N) is 1. The SMILES string of the molecule is CCO[C@@H]1COCC[C@H]1NC(=O)c1cc(CN2CCCC2)c(CC)o1. The number of aryl methyl sites for hydroxylation is 1. The van der Waals surface area contributed by atoms with Gasteiger partial charge in [0, 0.05) is 31.7 Å². The fourth-order valence-corrected chi connectivity index (χ4v) is 3.69. The van der Waals surface area contributed by atoms with Crippen LogP contribution in [0.3, 0.4) is 0 Å². The molecule has 2 atom stereocenters. The van der Waals surface area contributed by atoms with Crippen molar-refractivity contribution in [3.63, 3.8) is 0 Å². The van der Waals surface area contributed by atoms with E-state index in [9.17, 15) is 4.79 Å². The maximum atomic E-state index is 12.7. The van der Waals surface area contributed by atoms with Crippen molar-refractivity contribution in [2.75, 3.05) is 32.9 Å². The summed E-state index contributed by atoms with van der Waals surface area (Å²) in [5, 5.41) is 3.08. The van der Waals surface area contributed by atoms with Gasteiger partial charge in [0.05, 0.1) is 12.6 Å². The Labute approximate surface area is 149 Å². The first-order valence-corrected chi connectivity index (χ1v) is 9.55. The number of nitrogens with zero attached hydrogens (tertiary/aromatic N) is 1. The number of carbonyl (C=O) groups is 1. The Balaban J connectivity index is 1.65. The van der Waals surface area contributed by atoms with Crippen molar-refractivity contribution in [3.05, 3.63) is 23.2 Å². The van der Waals surface area contributed by atoms with Crippen molar-refractivity contribution in [1.82, 2.24) is 10.2 Å². The number of carbonyl (C=O) groups excluding carboxylic acids is 1. The van der Waals surface area contributed by atoms with E-state index in [4.69, 9.17) is 13.9 Å². The summed E-state index contributed by atoms with van der Waals surface area (Å²) >= 11 is 0. The molecule has 2 aliphatic rings. The average molecular weight is 350 g/mol. The summed E-state index contributed by atoms with van der Waals surface area (Å²) in [6, 6.07) is 1.89. The molecule has 0 radical (unpaired) electrons. The third-order valence-electron chi connectivity index (χ3n) is 5.04. The quantitative estimate of drug-likeness (QED) is 0.818. The second-order valence-electron chi connectivity index (χ2n) is 6.83.